The molecule has 0 aromatic heterocycles. The van der Waals surface area contributed by atoms with Gasteiger partial charge in [0.25, 0.3) is 0 Å². The number of fused-ring (bicyclic) bond motifs is 1. The third-order valence-corrected chi connectivity index (χ3v) is 5.84. The summed E-state index contributed by atoms with van der Waals surface area (Å²) in [7, 11) is 0. The average Bonchev–Trinajstić information content (AvgIpc) is 2.68. The number of anilines is 1. The van der Waals surface area contributed by atoms with Crippen LogP contribution in [-0.2, 0) is 14.3 Å². The van der Waals surface area contributed by atoms with Crippen LogP contribution in [0.1, 0.15) is 19.8 Å². The van der Waals surface area contributed by atoms with E-state index in [0.29, 0.717) is 26.3 Å². The minimum absolute atomic E-state index is 0.101. The number of para-hydroxylation sites is 2. The summed E-state index contributed by atoms with van der Waals surface area (Å²) in [5.74, 6) is 0.995. The first kappa shape index (κ1) is 18.3. The van der Waals surface area contributed by atoms with Gasteiger partial charge in [0.2, 0.25) is 11.8 Å². The number of likely N-dealkylation sites (tertiary alicyclic amines) is 1. The van der Waals surface area contributed by atoms with E-state index in [2.05, 4.69) is 4.90 Å². The van der Waals surface area contributed by atoms with Gasteiger partial charge in [0.1, 0.15) is 12.4 Å². The number of hydrogen-bond donors (Lipinski definition) is 0. The Labute approximate surface area is 159 Å². The zero-order valence-electron chi connectivity index (χ0n) is 15.9. The number of hydrogen-bond acceptors (Lipinski definition) is 5. The summed E-state index contributed by atoms with van der Waals surface area (Å²) < 4.78 is 11.8. The average molecular weight is 373 g/mol. The molecule has 3 aliphatic rings. The van der Waals surface area contributed by atoms with Crippen LogP contribution >= 0.6 is 0 Å². The Bertz CT molecular complexity index is 715. The van der Waals surface area contributed by atoms with Crippen molar-refractivity contribution in [1.29, 1.82) is 0 Å². The lowest BCUT2D eigenvalue weighted by molar-refractivity contribution is -0.150. The van der Waals surface area contributed by atoms with Gasteiger partial charge in [0.05, 0.1) is 31.0 Å². The zero-order chi connectivity index (χ0) is 18.9. The second-order valence-electron chi connectivity index (χ2n) is 7.61. The van der Waals surface area contributed by atoms with E-state index in [1.807, 2.05) is 34.1 Å². The monoisotopic (exact) mass is 373 g/mol. The molecule has 1 aromatic rings. The first-order chi connectivity index (χ1) is 13.1. The highest BCUT2D eigenvalue weighted by Crippen LogP contribution is 2.32. The molecule has 0 N–H and O–H groups in total. The van der Waals surface area contributed by atoms with Crippen molar-refractivity contribution in [2.75, 3.05) is 57.4 Å². The fourth-order valence-electron chi connectivity index (χ4n) is 4.30. The van der Waals surface area contributed by atoms with Gasteiger partial charge in [-0.1, -0.05) is 12.1 Å². The molecule has 0 unspecified atom stereocenters. The van der Waals surface area contributed by atoms with Crippen LogP contribution in [0.15, 0.2) is 24.3 Å². The highest BCUT2D eigenvalue weighted by molar-refractivity contribution is 5.96. The predicted molar refractivity (Wildman–Crippen MR) is 101 cm³/mol. The van der Waals surface area contributed by atoms with Gasteiger partial charge in [-0.15, -0.1) is 0 Å². The van der Waals surface area contributed by atoms with Gasteiger partial charge in [-0.2, -0.15) is 0 Å². The molecule has 2 saturated heterocycles. The number of carbonyl (C=O) groups excluding carboxylic acids is 2. The van der Waals surface area contributed by atoms with Gasteiger partial charge in [0, 0.05) is 33.1 Å². The summed E-state index contributed by atoms with van der Waals surface area (Å²) >= 11 is 0. The van der Waals surface area contributed by atoms with Crippen molar-refractivity contribution in [3.05, 3.63) is 24.3 Å². The van der Waals surface area contributed by atoms with Crippen molar-refractivity contribution in [2.45, 2.75) is 25.4 Å². The minimum Gasteiger partial charge on any atom is -0.490 e. The highest BCUT2D eigenvalue weighted by Gasteiger charge is 2.41. The maximum atomic E-state index is 13.0. The van der Waals surface area contributed by atoms with Crippen molar-refractivity contribution in [3.8, 4) is 5.75 Å². The third kappa shape index (κ3) is 3.80. The molecular formula is C20H27N3O4. The third-order valence-electron chi connectivity index (χ3n) is 5.84. The van der Waals surface area contributed by atoms with Crippen molar-refractivity contribution in [2.24, 2.45) is 0 Å². The molecule has 1 spiro atoms. The largest absolute Gasteiger partial charge is 0.490 e. The summed E-state index contributed by atoms with van der Waals surface area (Å²) in [6, 6.07) is 7.69. The van der Waals surface area contributed by atoms with E-state index >= 15 is 0 Å². The number of amides is 2. The van der Waals surface area contributed by atoms with Gasteiger partial charge >= 0.3 is 0 Å². The molecule has 0 bridgehead atoms. The van der Waals surface area contributed by atoms with Crippen molar-refractivity contribution in [3.63, 3.8) is 0 Å². The lowest BCUT2D eigenvalue weighted by atomic mass is 9.89. The number of ether oxygens (including phenoxy) is 2. The smallest absolute Gasteiger partial charge is 0.241 e. The van der Waals surface area contributed by atoms with Crippen LogP contribution in [0.25, 0.3) is 0 Å². The van der Waals surface area contributed by atoms with Crippen molar-refractivity contribution in [1.82, 2.24) is 9.80 Å². The Morgan fingerprint density at radius 1 is 1.07 bits per heavy atom. The summed E-state index contributed by atoms with van der Waals surface area (Å²) in [5.41, 5.74) is 0.624. The quantitative estimate of drug-likeness (QED) is 0.778. The lowest BCUT2D eigenvalue weighted by Gasteiger charge is -2.47. The summed E-state index contributed by atoms with van der Waals surface area (Å²) in [6.07, 6.45) is 1.66. The highest BCUT2D eigenvalue weighted by atomic mass is 16.5. The Morgan fingerprint density at radius 3 is 2.63 bits per heavy atom. The second-order valence-corrected chi connectivity index (χ2v) is 7.61. The Morgan fingerprint density at radius 2 is 1.85 bits per heavy atom. The maximum Gasteiger partial charge on any atom is 0.241 e. The fourth-order valence-corrected chi connectivity index (χ4v) is 4.30. The number of benzene rings is 1. The number of nitrogens with zero attached hydrogens (tertiary/aromatic N) is 3. The molecule has 4 rings (SSSR count). The van der Waals surface area contributed by atoms with Crippen LogP contribution in [0.2, 0.25) is 0 Å². The van der Waals surface area contributed by atoms with Gasteiger partial charge in [-0.05, 0) is 25.0 Å². The molecule has 7 nitrogen and oxygen atoms in total. The first-order valence-corrected chi connectivity index (χ1v) is 9.70. The van der Waals surface area contributed by atoms with Crippen LogP contribution in [0, 0.1) is 0 Å². The van der Waals surface area contributed by atoms with Crippen molar-refractivity contribution < 1.29 is 19.1 Å². The van der Waals surface area contributed by atoms with Crippen LogP contribution in [0.3, 0.4) is 0 Å². The summed E-state index contributed by atoms with van der Waals surface area (Å²) in [4.78, 5) is 30.5. The molecule has 3 heterocycles. The zero-order valence-corrected chi connectivity index (χ0v) is 15.9. The van der Waals surface area contributed by atoms with Gasteiger partial charge in [-0.25, -0.2) is 0 Å². The van der Waals surface area contributed by atoms with Crippen LogP contribution in [0.5, 0.6) is 5.75 Å². The number of morpholine rings is 1. The van der Waals surface area contributed by atoms with E-state index in [0.717, 1.165) is 50.5 Å². The van der Waals surface area contributed by atoms with E-state index in [4.69, 9.17) is 9.47 Å². The van der Waals surface area contributed by atoms with Crippen LogP contribution < -0.4 is 9.64 Å². The first-order valence-electron chi connectivity index (χ1n) is 9.70. The minimum atomic E-state index is -0.229. The molecule has 2 amide bonds. The van der Waals surface area contributed by atoms with Crippen LogP contribution in [-0.4, -0.2) is 79.7 Å². The van der Waals surface area contributed by atoms with E-state index in [-0.39, 0.29) is 17.4 Å². The van der Waals surface area contributed by atoms with Gasteiger partial charge in [0.15, 0.2) is 0 Å². The lowest BCUT2D eigenvalue weighted by Crippen LogP contribution is -2.58. The summed E-state index contributed by atoms with van der Waals surface area (Å²) in [6.45, 7) is 6.71. The Balaban J connectivity index is 1.39. The standard InChI is InChI=1S/C20H27N3O4/c1-16(24)22-8-6-20(7-9-22)15-21(10-13-27-20)14-19(25)23-11-12-26-18-5-3-2-4-17(18)23/h2-5H,6-15H2,1H3. The molecule has 2 fully saturated rings. The van der Waals surface area contributed by atoms with E-state index in [9.17, 15) is 9.59 Å². The molecular weight excluding hydrogens is 346 g/mol. The fraction of sp³-hybridized carbons (Fsp3) is 0.600. The number of rotatable bonds is 2. The molecule has 0 radical (unpaired) electrons. The number of carbonyl (C=O) groups is 2. The Kier molecular flexibility index (Phi) is 5.06. The topological polar surface area (TPSA) is 62.3 Å². The molecule has 0 atom stereocenters. The second kappa shape index (κ2) is 7.48. The molecule has 7 heteroatoms. The molecule has 146 valence electrons. The van der Waals surface area contributed by atoms with Gasteiger partial charge < -0.3 is 19.3 Å². The predicted octanol–water partition coefficient (Wildman–Crippen LogP) is 1.13. The summed E-state index contributed by atoms with van der Waals surface area (Å²) in [5, 5.41) is 0. The molecule has 0 saturated carbocycles. The number of piperidine rings is 1. The normalized spacial score (nSPS) is 22.3. The van der Waals surface area contributed by atoms with Crippen molar-refractivity contribution >= 4 is 17.5 Å². The van der Waals surface area contributed by atoms with Gasteiger partial charge in [-0.3, -0.25) is 14.5 Å². The van der Waals surface area contributed by atoms with Crippen LogP contribution in [0.4, 0.5) is 5.69 Å². The molecule has 1 aromatic carbocycles. The van der Waals surface area contributed by atoms with E-state index in [1.165, 1.54) is 0 Å². The van der Waals surface area contributed by atoms with E-state index in [1.54, 1.807) is 6.92 Å². The molecule has 0 aliphatic carbocycles. The molecule has 27 heavy (non-hydrogen) atoms. The van der Waals surface area contributed by atoms with E-state index < -0.39 is 0 Å². The SMILES string of the molecule is CC(=O)N1CCC2(CC1)CN(CC(=O)N1CCOc3ccccc31)CCO2. The maximum absolute atomic E-state index is 13.0. The Hall–Kier alpha value is -2.12. The molecule has 3 aliphatic heterocycles.